The molecular weight excluding hydrogens is 280 g/mol. The molecule has 0 unspecified atom stereocenters. The standard InChI is InChI=1S/C10H7F6NO2/c11-9(12,13)5-8(18)17-6-1-3-7(4-2-6)19-10(14,15)16/h1-4H,5H2,(H,17,18). The summed E-state index contributed by atoms with van der Waals surface area (Å²) in [6, 6.07) is 3.73. The molecule has 0 saturated heterocycles. The third-order valence-electron chi connectivity index (χ3n) is 1.73. The van der Waals surface area contributed by atoms with Gasteiger partial charge in [-0.2, -0.15) is 13.2 Å². The summed E-state index contributed by atoms with van der Waals surface area (Å²) in [5, 5.41) is 1.89. The highest BCUT2D eigenvalue weighted by Crippen LogP contribution is 2.24. The SMILES string of the molecule is O=C(CC(F)(F)F)Nc1ccc(OC(F)(F)F)cc1. The molecule has 3 nitrogen and oxygen atoms in total. The van der Waals surface area contributed by atoms with E-state index in [0.717, 1.165) is 24.3 Å². The molecule has 0 aliphatic rings. The summed E-state index contributed by atoms with van der Waals surface area (Å²) < 4.78 is 74.6. The molecule has 0 saturated carbocycles. The largest absolute Gasteiger partial charge is 0.573 e. The summed E-state index contributed by atoms with van der Waals surface area (Å²) in [6.07, 6.45) is -11.2. The van der Waals surface area contributed by atoms with Crippen molar-refractivity contribution in [3.8, 4) is 5.75 Å². The summed E-state index contributed by atoms with van der Waals surface area (Å²) in [7, 11) is 0. The van der Waals surface area contributed by atoms with Gasteiger partial charge >= 0.3 is 12.5 Å². The molecule has 0 fully saturated rings. The molecule has 1 aromatic rings. The second kappa shape index (κ2) is 5.37. The van der Waals surface area contributed by atoms with Crippen LogP contribution >= 0.6 is 0 Å². The van der Waals surface area contributed by atoms with Crippen LogP contribution in [0.5, 0.6) is 5.75 Å². The Morgan fingerprint density at radius 3 is 2.00 bits per heavy atom. The predicted octanol–water partition coefficient (Wildman–Crippen LogP) is 3.48. The fourth-order valence-electron chi connectivity index (χ4n) is 1.13. The van der Waals surface area contributed by atoms with E-state index in [1.54, 1.807) is 0 Å². The Hall–Kier alpha value is -1.93. The summed E-state index contributed by atoms with van der Waals surface area (Å²) in [6.45, 7) is 0. The van der Waals surface area contributed by atoms with Gasteiger partial charge in [0, 0.05) is 5.69 Å². The zero-order valence-corrected chi connectivity index (χ0v) is 9.10. The molecule has 1 rings (SSSR count). The molecule has 0 atom stereocenters. The first-order valence-corrected chi connectivity index (χ1v) is 4.77. The molecule has 1 aromatic carbocycles. The molecule has 0 heterocycles. The Kier molecular flexibility index (Phi) is 4.28. The highest BCUT2D eigenvalue weighted by molar-refractivity contribution is 5.91. The Morgan fingerprint density at radius 1 is 1.05 bits per heavy atom. The van der Waals surface area contributed by atoms with Crippen molar-refractivity contribution in [2.75, 3.05) is 5.32 Å². The van der Waals surface area contributed by atoms with Crippen LogP contribution in [0.1, 0.15) is 6.42 Å². The van der Waals surface area contributed by atoms with Gasteiger partial charge < -0.3 is 10.1 Å². The number of anilines is 1. The minimum absolute atomic E-state index is 0.0659. The van der Waals surface area contributed by atoms with Gasteiger partial charge in [0.25, 0.3) is 0 Å². The number of hydrogen-bond donors (Lipinski definition) is 1. The van der Waals surface area contributed by atoms with Gasteiger partial charge in [-0.25, -0.2) is 0 Å². The lowest BCUT2D eigenvalue weighted by atomic mass is 10.3. The molecule has 106 valence electrons. The van der Waals surface area contributed by atoms with Gasteiger partial charge in [-0.15, -0.1) is 13.2 Å². The Bertz CT molecular complexity index is 437. The van der Waals surface area contributed by atoms with Gasteiger partial charge in [-0.3, -0.25) is 4.79 Å². The average molecular weight is 287 g/mol. The van der Waals surface area contributed by atoms with Crippen LogP contribution in [0.25, 0.3) is 0 Å². The number of rotatable bonds is 3. The molecule has 0 bridgehead atoms. The second-order valence-corrected chi connectivity index (χ2v) is 3.41. The van der Waals surface area contributed by atoms with E-state index in [4.69, 9.17) is 0 Å². The maximum Gasteiger partial charge on any atom is 0.573 e. The Morgan fingerprint density at radius 2 is 1.58 bits per heavy atom. The van der Waals surface area contributed by atoms with E-state index in [9.17, 15) is 31.1 Å². The monoisotopic (exact) mass is 287 g/mol. The average Bonchev–Trinajstić information content (AvgIpc) is 2.15. The molecule has 0 spiro atoms. The number of halogens is 6. The normalized spacial score (nSPS) is 12.1. The highest BCUT2D eigenvalue weighted by Gasteiger charge is 2.32. The molecule has 0 aliphatic heterocycles. The van der Waals surface area contributed by atoms with Crippen LogP contribution in [0.3, 0.4) is 0 Å². The first-order chi connectivity index (χ1) is 8.55. The molecule has 0 aromatic heterocycles. The molecule has 19 heavy (non-hydrogen) atoms. The number of alkyl halides is 6. The number of carbonyl (C=O) groups is 1. The van der Waals surface area contributed by atoms with E-state index >= 15 is 0 Å². The van der Waals surface area contributed by atoms with Crippen LogP contribution in [0, 0.1) is 0 Å². The quantitative estimate of drug-likeness (QED) is 0.864. The lowest BCUT2D eigenvalue weighted by Crippen LogP contribution is -2.21. The summed E-state index contributed by atoms with van der Waals surface area (Å²) >= 11 is 0. The summed E-state index contributed by atoms with van der Waals surface area (Å²) in [5.74, 6) is -1.85. The molecule has 0 radical (unpaired) electrons. The van der Waals surface area contributed by atoms with Crippen LogP contribution in [0.2, 0.25) is 0 Å². The van der Waals surface area contributed by atoms with Gasteiger partial charge in [0.15, 0.2) is 0 Å². The Balaban J connectivity index is 2.60. The molecular formula is C10H7F6NO2. The van der Waals surface area contributed by atoms with Gasteiger partial charge in [0.05, 0.1) is 0 Å². The second-order valence-electron chi connectivity index (χ2n) is 3.41. The van der Waals surface area contributed by atoms with Crippen molar-refractivity contribution in [3.63, 3.8) is 0 Å². The molecule has 1 amide bonds. The number of carbonyl (C=O) groups excluding carboxylic acids is 1. The molecule has 9 heteroatoms. The number of hydrogen-bond acceptors (Lipinski definition) is 2. The lowest BCUT2D eigenvalue weighted by Gasteiger charge is -2.10. The summed E-state index contributed by atoms with van der Waals surface area (Å²) in [5.41, 5.74) is -0.0659. The number of ether oxygens (including phenoxy) is 1. The first kappa shape index (κ1) is 15.1. The topological polar surface area (TPSA) is 38.3 Å². The van der Waals surface area contributed by atoms with Gasteiger partial charge in [-0.05, 0) is 24.3 Å². The third kappa shape index (κ3) is 6.53. The van der Waals surface area contributed by atoms with Crippen LogP contribution < -0.4 is 10.1 Å². The van der Waals surface area contributed by atoms with E-state index in [1.807, 2.05) is 5.32 Å². The van der Waals surface area contributed by atoms with Crippen molar-refractivity contribution in [2.45, 2.75) is 19.0 Å². The minimum Gasteiger partial charge on any atom is -0.406 e. The van der Waals surface area contributed by atoms with Crippen molar-refractivity contribution in [1.82, 2.24) is 0 Å². The van der Waals surface area contributed by atoms with E-state index in [-0.39, 0.29) is 5.69 Å². The summed E-state index contributed by atoms with van der Waals surface area (Å²) in [4.78, 5) is 10.9. The van der Waals surface area contributed by atoms with Gasteiger partial charge in [-0.1, -0.05) is 0 Å². The van der Waals surface area contributed by atoms with Gasteiger partial charge in [0.2, 0.25) is 5.91 Å². The smallest absolute Gasteiger partial charge is 0.406 e. The maximum absolute atomic E-state index is 11.9. The lowest BCUT2D eigenvalue weighted by molar-refractivity contribution is -0.274. The first-order valence-electron chi connectivity index (χ1n) is 4.77. The highest BCUT2D eigenvalue weighted by atomic mass is 19.4. The molecule has 0 aliphatic carbocycles. The van der Waals surface area contributed by atoms with Crippen LogP contribution in [0.4, 0.5) is 32.0 Å². The van der Waals surface area contributed by atoms with E-state index in [0.29, 0.717) is 0 Å². The van der Waals surface area contributed by atoms with E-state index in [2.05, 4.69) is 4.74 Å². The number of nitrogens with one attached hydrogen (secondary N) is 1. The fraction of sp³-hybridized carbons (Fsp3) is 0.300. The van der Waals surface area contributed by atoms with Crippen molar-refractivity contribution in [1.29, 1.82) is 0 Å². The van der Waals surface area contributed by atoms with Crippen LogP contribution in [-0.4, -0.2) is 18.4 Å². The number of amides is 1. The van der Waals surface area contributed by atoms with Gasteiger partial charge in [0.1, 0.15) is 12.2 Å². The fourth-order valence-corrected chi connectivity index (χ4v) is 1.13. The zero-order chi connectivity index (χ0) is 14.7. The Labute approximate surface area is 103 Å². The third-order valence-corrected chi connectivity index (χ3v) is 1.73. The molecule has 1 N–H and O–H groups in total. The van der Waals surface area contributed by atoms with Crippen LogP contribution in [-0.2, 0) is 4.79 Å². The van der Waals surface area contributed by atoms with Crippen LogP contribution in [0.15, 0.2) is 24.3 Å². The van der Waals surface area contributed by atoms with Crippen molar-refractivity contribution < 1.29 is 35.9 Å². The van der Waals surface area contributed by atoms with Crippen molar-refractivity contribution in [3.05, 3.63) is 24.3 Å². The van der Waals surface area contributed by atoms with Crippen molar-refractivity contribution in [2.24, 2.45) is 0 Å². The minimum atomic E-state index is -4.86. The maximum atomic E-state index is 11.9. The zero-order valence-electron chi connectivity index (χ0n) is 9.10. The van der Waals surface area contributed by atoms with E-state index < -0.39 is 30.6 Å². The number of benzene rings is 1. The van der Waals surface area contributed by atoms with E-state index in [1.165, 1.54) is 0 Å². The van der Waals surface area contributed by atoms with Crippen molar-refractivity contribution >= 4 is 11.6 Å². The predicted molar refractivity (Wildman–Crippen MR) is 52.4 cm³/mol.